The molecule has 1 aliphatic heterocycles. The van der Waals surface area contributed by atoms with Crippen LogP contribution in [0.2, 0.25) is 0 Å². The molecule has 0 aliphatic carbocycles. The monoisotopic (exact) mass is 652 g/mol. The molecule has 0 saturated carbocycles. The number of fused-ring (bicyclic) bond motifs is 8. The second kappa shape index (κ2) is 11.9. The molecule has 0 N–H and O–H groups in total. The molecule has 10 rings (SSSR count). The molecule has 1 aliphatic rings. The second-order valence-electron chi connectivity index (χ2n) is 12.9. The molecular formula is C48H32N2O. The number of hydrogen-bond acceptors (Lipinski definition) is 3. The van der Waals surface area contributed by atoms with Gasteiger partial charge in [0.05, 0.1) is 17.1 Å². The van der Waals surface area contributed by atoms with Crippen molar-refractivity contribution in [2.24, 2.45) is 0 Å². The maximum atomic E-state index is 6.66. The Bertz CT molecular complexity index is 2690. The molecular weight excluding hydrogens is 621 g/mol. The number of para-hydroxylation sites is 4. The van der Waals surface area contributed by atoms with E-state index in [0.717, 1.165) is 61.6 Å². The maximum absolute atomic E-state index is 6.66. The van der Waals surface area contributed by atoms with Crippen molar-refractivity contribution in [1.29, 1.82) is 0 Å². The molecule has 9 aromatic rings. The number of benzene rings is 8. The molecule has 240 valence electrons. The van der Waals surface area contributed by atoms with Crippen molar-refractivity contribution < 1.29 is 4.42 Å². The fraction of sp³-hybridized carbons (Fsp3) is 0. The maximum Gasteiger partial charge on any atom is 0.159 e. The average Bonchev–Trinajstić information content (AvgIpc) is 3.54. The lowest BCUT2D eigenvalue weighted by Gasteiger charge is -2.30. The third-order valence-electron chi connectivity index (χ3n) is 10.0. The number of hydrogen-bond donors (Lipinski definition) is 0. The van der Waals surface area contributed by atoms with E-state index in [9.17, 15) is 0 Å². The van der Waals surface area contributed by atoms with Crippen LogP contribution in [0.15, 0.2) is 199 Å². The zero-order valence-electron chi connectivity index (χ0n) is 27.8. The number of rotatable bonds is 5. The second-order valence-corrected chi connectivity index (χ2v) is 12.9. The molecule has 2 heterocycles. The summed E-state index contributed by atoms with van der Waals surface area (Å²) in [6.07, 6.45) is 0. The van der Waals surface area contributed by atoms with Gasteiger partial charge in [-0.3, -0.25) is 0 Å². The van der Waals surface area contributed by atoms with E-state index < -0.39 is 0 Å². The normalized spacial score (nSPS) is 11.9. The van der Waals surface area contributed by atoms with Gasteiger partial charge in [-0.05, 0) is 82.9 Å². The van der Waals surface area contributed by atoms with Crippen molar-refractivity contribution in [3.8, 4) is 33.4 Å². The van der Waals surface area contributed by atoms with Crippen molar-refractivity contribution in [1.82, 2.24) is 0 Å². The van der Waals surface area contributed by atoms with Gasteiger partial charge in [0, 0.05) is 39.0 Å². The van der Waals surface area contributed by atoms with Crippen LogP contribution in [0.3, 0.4) is 0 Å². The Morgan fingerprint density at radius 3 is 1.78 bits per heavy atom. The first-order chi connectivity index (χ1) is 25.3. The molecule has 0 amide bonds. The Morgan fingerprint density at radius 2 is 0.980 bits per heavy atom. The lowest BCUT2D eigenvalue weighted by atomic mass is 9.94. The van der Waals surface area contributed by atoms with Crippen LogP contribution >= 0.6 is 0 Å². The molecule has 0 spiro atoms. The zero-order valence-corrected chi connectivity index (χ0v) is 27.8. The molecule has 3 nitrogen and oxygen atoms in total. The van der Waals surface area contributed by atoms with Gasteiger partial charge in [-0.15, -0.1) is 0 Å². The van der Waals surface area contributed by atoms with Gasteiger partial charge >= 0.3 is 0 Å². The van der Waals surface area contributed by atoms with E-state index in [1.807, 2.05) is 12.1 Å². The molecule has 3 heteroatoms. The van der Waals surface area contributed by atoms with Gasteiger partial charge in [-0.1, -0.05) is 133 Å². The van der Waals surface area contributed by atoms with E-state index in [4.69, 9.17) is 4.42 Å². The van der Waals surface area contributed by atoms with Gasteiger partial charge in [-0.25, -0.2) is 0 Å². The van der Waals surface area contributed by atoms with Crippen molar-refractivity contribution >= 4 is 56.1 Å². The van der Waals surface area contributed by atoms with Gasteiger partial charge in [0.2, 0.25) is 0 Å². The summed E-state index contributed by atoms with van der Waals surface area (Å²) in [7, 11) is 0. The summed E-state index contributed by atoms with van der Waals surface area (Å²) >= 11 is 0. The Labute approximate surface area is 296 Å². The van der Waals surface area contributed by atoms with Gasteiger partial charge in [0.15, 0.2) is 5.58 Å². The molecule has 51 heavy (non-hydrogen) atoms. The molecule has 0 fully saturated rings. The summed E-state index contributed by atoms with van der Waals surface area (Å²) in [5.41, 5.74) is 15.4. The standard InChI is InChI=1S/C48H32N2O/c1-3-14-33(15-4-1)34-26-28-36(29-27-34)49(46-24-13-22-42-41-21-10-12-25-47(41)51-48(42)46)37-30-31-45-43(32-37)39-19-8-7-18-38(39)40-20-9-11-23-44(40)50(45)35-16-5-2-6-17-35/h1-32H. The Balaban J connectivity index is 1.23. The highest BCUT2D eigenvalue weighted by molar-refractivity contribution is 6.11. The van der Waals surface area contributed by atoms with Crippen LogP contribution in [0.1, 0.15) is 0 Å². The van der Waals surface area contributed by atoms with E-state index in [1.54, 1.807) is 0 Å². The fourth-order valence-corrected chi connectivity index (χ4v) is 7.68. The molecule has 0 radical (unpaired) electrons. The summed E-state index contributed by atoms with van der Waals surface area (Å²) in [4.78, 5) is 4.74. The zero-order chi connectivity index (χ0) is 33.7. The summed E-state index contributed by atoms with van der Waals surface area (Å²) in [6, 6.07) is 69.2. The van der Waals surface area contributed by atoms with Crippen molar-refractivity contribution in [3.05, 3.63) is 194 Å². The highest BCUT2D eigenvalue weighted by atomic mass is 16.3. The van der Waals surface area contributed by atoms with E-state index in [1.165, 1.54) is 27.8 Å². The fourth-order valence-electron chi connectivity index (χ4n) is 7.68. The van der Waals surface area contributed by atoms with Gasteiger partial charge in [0.1, 0.15) is 5.58 Å². The predicted octanol–water partition coefficient (Wildman–Crippen LogP) is 13.8. The minimum absolute atomic E-state index is 0.861. The first-order valence-electron chi connectivity index (χ1n) is 17.4. The summed E-state index contributed by atoms with van der Waals surface area (Å²) < 4.78 is 6.66. The number of furan rings is 1. The number of anilines is 6. The molecule has 0 bridgehead atoms. The van der Waals surface area contributed by atoms with Crippen molar-refractivity contribution in [3.63, 3.8) is 0 Å². The third kappa shape index (κ3) is 4.82. The minimum Gasteiger partial charge on any atom is -0.454 e. The van der Waals surface area contributed by atoms with Crippen LogP contribution in [-0.2, 0) is 0 Å². The van der Waals surface area contributed by atoms with Crippen LogP contribution < -0.4 is 9.80 Å². The Kier molecular flexibility index (Phi) is 6.81. The quantitative estimate of drug-likeness (QED) is 0.184. The Hall–Kier alpha value is -6.84. The summed E-state index contributed by atoms with van der Waals surface area (Å²) in [5.74, 6) is 0. The first kappa shape index (κ1) is 29.1. The van der Waals surface area contributed by atoms with E-state index in [2.05, 4.69) is 192 Å². The first-order valence-corrected chi connectivity index (χ1v) is 17.4. The smallest absolute Gasteiger partial charge is 0.159 e. The summed E-state index contributed by atoms with van der Waals surface area (Å²) in [5, 5.41) is 2.21. The Morgan fingerprint density at radius 1 is 0.392 bits per heavy atom. The third-order valence-corrected chi connectivity index (χ3v) is 10.0. The average molecular weight is 653 g/mol. The van der Waals surface area contributed by atoms with Crippen LogP contribution in [0.25, 0.3) is 55.3 Å². The molecule has 1 aromatic heterocycles. The molecule has 0 saturated heterocycles. The highest BCUT2D eigenvalue weighted by Crippen LogP contribution is 2.52. The molecule has 0 unspecified atom stereocenters. The van der Waals surface area contributed by atoms with E-state index >= 15 is 0 Å². The van der Waals surface area contributed by atoms with Crippen molar-refractivity contribution in [2.75, 3.05) is 9.80 Å². The topological polar surface area (TPSA) is 19.6 Å². The van der Waals surface area contributed by atoms with Gasteiger partial charge < -0.3 is 14.2 Å². The highest BCUT2D eigenvalue weighted by Gasteiger charge is 2.28. The van der Waals surface area contributed by atoms with Gasteiger partial charge in [0.25, 0.3) is 0 Å². The van der Waals surface area contributed by atoms with Crippen LogP contribution in [-0.4, -0.2) is 0 Å². The minimum atomic E-state index is 0.861. The largest absolute Gasteiger partial charge is 0.454 e. The van der Waals surface area contributed by atoms with Crippen molar-refractivity contribution in [2.45, 2.75) is 0 Å². The van der Waals surface area contributed by atoms with E-state index in [0.29, 0.717) is 0 Å². The SMILES string of the molecule is c1ccc(-c2ccc(N(c3ccc4c(c3)-c3ccccc3-c3ccccc3N4c3ccccc3)c3cccc4c3oc3ccccc34)cc2)cc1. The lowest BCUT2D eigenvalue weighted by molar-refractivity contribution is 0.669. The van der Waals surface area contributed by atoms with Crippen LogP contribution in [0.5, 0.6) is 0 Å². The van der Waals surface area contributed by atoms with Crippen LogP contribution in [0.4, 0.5) is 34.1 Å². The molecule has 8 aromatic carbocycles. The van der Waals surface area contributed by atoms with Crippen LogP contribution in [0, 0.1) is 0 Å². The summed E-state index contributed by atoms with van der Waals surface area (Å²) in [6.45, 7) is 0. The van der Waals surface area contributed by atoms with Gasteiger partial charge in [-0.2, -0.15) is 0 Å². The predicted molar refractivity (Wildman–Crippen MR) is 213 cm³/mol. The van der Waals surface area contributed by atoms with E-state index in [-0.39, 0.29) is 0 Å². The molecule has 0 atom stereocenters. The number of nitrogens with zero attached hydrogens (tertiary/aromatic N) is 2. The lowest BCUT2D eigenvalue weighted by Crippen LogP contribution is -2.13.